The molecule has 0 bridgehead atoms. The molecule has 1 N–H and O–H groups in total. The second-order valence-corrected chi connectivity index (χ2v) is 5.76. The van der Waals surface area contributed by atoms with Crippen LogP contribution in [0.1, 0.15) is 11.3 Å². The lowest BCUT2D eigenvalue weighted by Crippen LogP contribution is -2.14. The number of hydrogen-bond acceptors (Lipinski definition) is 3. The van der Waals surface area contributed by atoms with Gasteiger partial charge >= 0.3 is 0 Å². The first-order valence-electron chi connectivity index (χ1n) is 6.63. The molecule has 0 aliphatic heterocycles. The number of ether oxygens (including phenoxy) is 1. The lowest BCUT2D eigenvalue weighted by atomic mass is 10.2. The molecule has 0 spiro atoms. The highest BCUT2D eigenvalue weighted by molar-refractivity contribution is 7.17. The zero-order valence-electron chi connectivity index (χ0n) is 11.7. The van der Waals surface area contributed by atoms with Gasteiger partial charge in [-0.25, -0.2) is 0 Å². The number of methoxy groups -OCH3 is 1. The summed E-state index contributed by atoms with van der Waals surface area (Å²) >= 11 is 1.79. The number of benzene rings is 1. The normalized spacial score (nSPS) is 11.1. The van der Waals surface area contributed by atoms with Gasteiger partial charge in [0.05, 0.1) is 17.3 Å². The van der Waals surface area contributed by atoms with E-state index in [0.717, 1.165) is 18.8 Å². The lowest BCUT2D eigenvalue weighted by molar-refractivity contribution is 0.414. The van der Waals surface area contributed by atoms with Gasteiger partial charge in [-0.15, -0.1) is 11.3 Å². The Bertz CT molecular complexity index is 697. The van der Waals surface area contributed by atoms with Crippen LogP contribution in [0.25, 0.3) is 10.2 Å². The first-order chi connectivity index (χ1) is 9.78. The second kappa shape index (κ2) is 5.69. The molecule has 3 aromatic rings. The Morgan fingerprint density at radius 3 is 2.65 bits per heavy atom. The van der Waals surface area contributed by atoms with Crippen LogP contribution in [0, 0.1) is 0 Å². The van der Waals surface area contributed by atoms with Crippen molar-refractivity contribution in [1.29, 1.82) is 0 Å². The van der Waals surface area contributed by atoms with E-state index < -0.39 is 0 Å². The third-order valence-electron chi connectivity index (χ3n) is 3.56. The van der Waals surface area contributed by atoms with E-state index in [2.05, 4.69) is 46.6 Å². The van der Waals surface area contributed by atoms with Crippen LogP contribution in [-0.2, 0) is 20.1 Å². The van der Waals surface area contributed by atoms with Crippen LogP contribution in [0.5, 0.6) is 5.75 Å². The van der Waals surface area contributed by atoms with Gasteiger partial charge in [0.25, 0.3) is 0 Å². The molecular formula is C16H18N2OS. The average molecular weight is 286 g/mol. The van der Waals surface area contributed by atoms with Crippen molar-refractivity contribution in [2.45, 2.75) is 13.1 Å². The minimum Gasteiger partial charge on any atom is -0.497 e. The van der Waals surface area contributed by atoms with Crippen molar-refractivity contribution in [2.75, 3.05) is 7.11 Å². The fraction of sp³-hybridized carbons (Fsp3) is 0.250. The van der Waals surface area contributed by atoms with Crippen LogP contribution in [0.15, 0.2) is 41.8 Å². The molecule has 2 heterocycles. The van der Waals surface area contributed by atoms with Gasteiger partial charge in [-0.1, -0.05) is 12.1 Å². The van der Waals surface area contributed by atoms with E-state index in [1.54, 1.807) is 18.4 Å². The highest BCUT2D eigenvalue weighted by Crippen LogP contribution is 2.24. The smallest absolute Gasteiger partial charge is 0.118 e. The van der Waals surface area contributed by atoms with Crippen molar-refractivity contribution in [3.63, 3.8) is 0 Å². The maximum atomic E-state index is 5.16. The van der Waals surface area contributed by atoms with E-state index >= 15 is 0 Å². The standard InChI is InChI=1S/C16H18N2OS/c1-18-13(9-16-15(18)7-8-20-16)11-17-10-12-3-5-14(19-2)6-4-12/h3-9,17H,10-11H2,1-2H3. The number of thiophene rings is 1. The Morgan fingerprint density at radius 1 is 1.15 bits per heavy atom. The molecule has 0 aliphatic carbocycles. The van der Waals surface area contributed by atoms with Gasteiger partial charge in [-0.05, 0) is 35.2 Å². The van der Waals surface area contributed by atoms with Crippen molar-refractivity contribution in [3.05, 3.63) is 53.0 Å². The van der Waals surface area contributed by atoms with Crippen LogP contribution in [0.4, 0.5) is 0 Å². The van der Waals surface area contributed by atoms with Crippen LogP contribution in [0.2, 0.25) is 0 Å². The SMILES string of the molecule is COc1ccc(CNCc2cc3sccc3n2C)cc1. The van der Waals surface area contributed by atoms with E-state index in [0.29, 0.717) is 0 Å². The summed E-state index contributed by atoms with van der Waals surface area (Å²) < 4.78 is 8.77. The van der Waals surface area contributed by atoms with Gasteiger partial charge in [0, 0.05) is 25.8 Å². The molecule has 0 aliphatic rings. The molecule has 20 heavy (non-hydrogen) atoms. The summed E-state index contributed by atoms with van der Waals surface area (Å²) in [6.45, 7) is 1.74. The van der Waals surface area contributed by atoms with Crippen molar-refractivity contribution in [2.24, 2.45) is 7.05 Å². The van der Waals surface area contributed by atoms with E-state index in [4.69, 9.17) is 4.74 Å². The molecule has 0 unspecified atom stereocenters. The predicted molar refractivity (Wildman–Crippen MR) is 84.3 cm³/mol. The quantitative estimate of drug-likeness (QED) is 0.776. The van der Waals surface area contributed by atoms with Crippen LogP contribution >= 0.6 is 11.3 Å². The molecule has 0 radical (unpaired) electrons. The van der Waals surface area contributed by atoms with Gasteiger partial charge < -0.3 is 14.6 Å². The number of hydrogen-bond donors (Lipinski definition) is 1. The van der Waals surface area contributed by atoms with E-state index in [-0.39, 0.29) is 0 Å². The van der Waals surface area contributed by atoms with E-state index in [1.165, 1.54) is 21.5 Å². The Labute approximate surface area is 122 Å². The largest absolute Gasteiger partial charge is 0.497 e. The zero-order valence-corrected chi connectivity index (χ0v) is 12.5. The van der Waals surface area contributed by atoms with Crippen molar-refractivity contribution in [1.82, 2.24) is 9.88 Å². The molecule has 104 valence electrons. The minimum absolute atomic E-state index is 0.864. The summed E-state index contributed by atoms with van der Waals surface area (Å²) in [5.41, 5.74) is 3.90. The monoisotopic (exact) mass is 286 g/mol. The second-order valence-electron chi connectivity index (χ2n) is 4.82. The number of aryl methyl sites for hydroxylation is 1. The Hall–Kier alpha value is -1.78. The summed E-state index contributed by atoms with van der Waals surface area (Å²) in [7, 11) is 3.81. The fourth-order valence-electron chi connectivity index (χ4n) is 2.35. The van der Waals surface area contributed by atoms with E-state index in [9.17, 15) is 0 Å². The number of nitrogens with one attached hydrogen (secondary N) is 1. The van der Waals surface area contributed by atoms with Gasteiger partial charge in [0.15, 0.2) is 0 Å². The summed E-state index contributed by atoms with van der Waals surface area (Å²) in [6.07, 6.45) is 0. The first kappa shape index (κ1) is 13.2. The molecule has 3 rings (SSSR count). The van der Waals surface area contributed by atoms with Crippen molar-refractivity contribution >= 4 is 21.6 Å². The van der Waals surface area contributed by atoms with Crippen molar-refractivity contribution < 1.29 is 4.74 Å². The summed E-state index contributed by atoms with van der Waals surface area (Å²) in [5, 5.41) is 5.63. The average Bonchev–Trinajstić information content (AvgIpc) is 3.04. The number of aromatic nitrogens is 1. The molecule has 0 atom stereocenters. The third kappa shape index (κ3) is 2.57. The Morgan fingerprint density at radius 2 is 1.95 bits per heavy atom. The fourth-order valence-corrected chi connectivity index (χ4v) is 3.22. The molecule has 0 saturated carbocycles. The Balaban J connectivity index is 1.61. The highest BCUT2D eigenvalue weighted by atomic mass is 32.1. The highest BCUT2D eigenvalue weighted by Gasteiger charge is 2.06. The summed E-state index contributed by atoms with van der Waals surface area (Å²) in [5.74, 6) is 0.899. The number of fused-ring (bicyclic) bond motifs is 1. The summed E-state index contributed by atoms with van der Waals surface area (Å²) in [6, 6.07) is 12.6. The lowest BCUT2D eigenvalue weighted by Gasteiger charge is -2.07. The van der Waals surface area contributed by atoms with Crippen LogP contribution < -0.4 is 10.1 Å². The van der Waals surface area contributed by atoms with Gasteiger partial charge in [-0.2, -0.15) is 0 Å². The maximum absolute atomic E-state index is 5.16. The molecule has 1 aromatic carbocycles. The number of rotatable bonds is 5. The van der Waals surface area contributed by atoms with Gasteiger partial charge in [0.1, 0.15) is 5.75 Å². The molecule has 0 amide bonds. The minimum atomic E-state index is 0.864. The molecular weight excluding hydrogens is 268 g/mol. The van der Waals surface area contributed by atoms with Crippen LogP contribution in [0.3, 0.4) is 0 Å². The zero-order chi connectivity index (χ0) is 13.9. The molecule has 4 heteroatoms. The Kier molecular flexibility index (Phi) is 3.76. The molecule has 3 nitrogen and oxygen atoms in total. The molecule has 2 aromatic heterocycles. The topological polar surface area (TPSA) is 26.2 Å². The maximum Gasteiger partial charge on any atom is 0.118 e. The van der Waals surface area contributed by atoms with Gasteiger partial charge in [-0.3, -0.25) is 0 Å². The first-order valence-corrected chi connectivity index (χ1v) is 7.51. The third-order valence-corrected chi connectivity index (χ3v) is 4.41. The predicted octanol–water partition coefficient (Wildman–Crippen LogP) is 3.54. The van der Waals surface area contributed by atoms with Gasteiger partial charge in [0.2, 0.25) is 0 Å². The molecule has 0 saturated heterocycles. The van der Waals surface area contributed by atoms with Crippen molar-refractivity contribution in [3.8, 4) is 5.75 Å². The molecule has 0 fully saturated rings. The van der Waals surface area contributed by atoms with Crippen LogP contribution in [-0.4, -0.2) is 11.7 Å². The van der Waals surface area contributed by atoms with E-state index in [1.807, 2.05) is 12.1 Å². The number of nitrogens with zero attached hydrogens (tertiary/aromatic N) is 1. The summed E-state index contributed by atoms with van der Waals surface area (Å²) in [4.78, 5) is 0.